The highest BCUT2D eigenvalue weighted by Gasteiger charge is 2.13. The monoisotopic (exact) mass is 284 g/mol. The van der Waals surface area contributed by atoms with E-state index in [2.05, 4.69) is 0 Å². The summed E-state index contributed by atoms with van der Waals surface area (Å²) in [5.74, 6) is -0.867. The van der Waals surface area contributed by atoms with Crippen molar-refractivity contribution in [1.82, 2.24) is 0 Å². The lowest BCUT2D eigenvalue weighted by atomic mass is 10.4. The van der Waals surface area contributed by atoms with E-state index in [0.29, 0.717) is 15.7 Å². The first-order chi connectivity index (χ1) is 8.58. The Morgan fingerprint density at radius 3 is 2.61 bits per heavy atom. The van der Waals surface area contributed by atoms with Crippen molar-refractivity contribution in [2.75, 3.05) is 0 Å². The summed E-state index contributed by atoms with van der Waals surface area (Å²) in [5, 5.41) is 9.12. The molecule has 1 aromatic carbocycles. The number of aromatic carboxylic acids is 1. The van der Waals surface area contributed by atoms with Crippen LogP contribution in [0.3, 0.4) is 0 Å². The van der Waals surface area contributed by atoms with Gasteiger partial charge in [-0.05, 0) is 24.3 Å². The van der Waals surface area contributed by atoms with Gasteiger partial charge in [0.2, 0.25) is 5.76 Å². The molecule has 0 saturated heterocycles. The van der Waals surface area contributed by atoms with Crippen molar-refractivity contribution in [3.05, 3.63) is 52.9 Å². The summed E-state index contributed by atoms with van der Waals surface area (Å²) >= 11 is 5.92. The van der Waals surface area contributed by atoms with Gasteiger partial charge < -0.3 is 9.52 Å². The van der Waals surface area contributed by atoms with Crippen LogP contribution in [0, 0.1) is 0 Å². The van der Waals surface area contributed by atoms with Crippen molar-refractivity contribution in [2.24, 2.45) is 0 Å². The number of carbonyl (C=O) groups is 1. The highest BCUT2D eigenvalue weighted by atomic mass is 35.5. The molecule has 6 heteroatoms. The van der Waals surface area contributed by atoms with Crippen LogP contribution in [-0.4, -0.2) is 15.3 Å². The van der Waals surface area contributed by atoms with Crippen LogP contribution in [0.2, 0.25) is 5.02 Å². The van der Waals surface area contributed by atoms with Gasteiger partial charge in [0.15, 0.2) is 0 Å². The Labute approximate surface area is 111 Å². The van der Waals surface area contributed by atoms with E-state index >= 15 is 0 Å². The average Bonchev–Trinajstić information content (AvgIpc) is 2.78. The lowest BCUT2D eigenvalue weighted by Gasteiger charge is -2.02. The number of hydrogen-bond donors (Lipinski definition) is 1. The summed E-state index contributed by atoms with van der Waals surface area (Å²) in [6, 6.07) is 9.64. The van der Waals surface area contributed by atoms with Crippen molar-refractivity contribution < 1.29 is 18.5 Å². The summed E-state index contributed by atoms with van der Waals surface area (Å²) in [7, 11) is -1.36. The topological polar surface area (TPSA) is 67.5 Å². The van der Waals surface area contributed by atoms with E-state index in [1.807, 2.05) is 0 Å². The molecule has 2 rings (SSSR count). The molecule has 0 unspecified atom stereocenters. The molecule has 0 aliphatic carbocycles. The molecule has 0 aliphatic heterocycles. The molecule has 0 aliphatic rings. The number of benzene rings is 1. The van der Waals surface area contributed by atoms with Crippen LogP contribution >= 0.6 is 11.6 Å². The van der Waals surface area contributed by atoms with Crippen molar-refractivity contribution in [2.45, 2.75) is 10.6 Å². The number of carboxylic acid groups (broad SMARTS) is 1. The van der Waals surface area contributed by atoms with E-state index in [1.165, 1.54) is 12.1 Å². The summed E-state index contributed by atoms with van der Waals surface area (Å²) in [6.45, 7) is 0. The molecule has 2 aromatic rings. The average molecular weight is 285 g/mol. The van der Waals surface area contributed by atoms with Gasteiger partial charge in [-0.1, -0.05) is 23.7 Å². The maximum Gasteiger partial charge on any atom is 0.371 e. The maximum atomic E-state index is 12.0. The summed E-state index contributed by atoms with van der Waals surface area (Å²) < 4.78 is 17.1. The molecule has 94 valence electrons. The van der Waals surface area contributed by atoms with Gasteiger partial charge in [0.25, 0.3) is 0 Å². The molecule has 0 bridgehead atoms. The van der Waals surface area contributed by atoms with Crippen LogP contribution in [0.15, 0.2) is 45.7 Å². The molecule has 1 N–H and O–H groups in total. The Kier molecular flexibility index (Phi) is 3.84. The zero-order chi connectivity index (χ0) is 13.1. The van der Waals surface area contributed by atoms with Gasteiger partial charge in [-0.25, -0.2) is 4.79 Å². The van der Waals surface area contributed by atoms with Crippen LogP contribution in [0.1, 0.15) is 16.3 Å². The van der Waals surface area contributed by atoms with E-state index < -0.39 is 16.8 Å². The molecule has 0 fully saturated rings. The highest BCUT2D eigenvalue weighted by Crippen LogP contribution is 2.22. The van der Waals surface area contributed by atoms with Crippen LogP contribution in [0.4, 0.5) is 0 Å². The normalized spacial score (nSPS) is 12.3. The van der Waals surface area contributed by atoms with Crippen molar-refractivity contribution in [3.8, 4) is 0 Å². The first-order valence-electron chi connectivity index (χ1n) is 5.03. The zero-order valence-electron chi connectivity index (χ0n) is 9.13. The molecule has 0 saturated carbocycles. The molecule has 1 atom stereocenters. The van der Waals surface area contributed by atoms with Crippen LogP contribution in [-0.2, 0) is 16.6 Å². The van der Waals surface area contributed by atoms with Gasteiger partial charge in [0.1, 0.15) is 5.76 Å². The van der Waals surface area contributed by atoms with Gasteiger partial charge in [-0.3, -0.25) is 4.21 Å². The third kappa shape index (κ3) is 2.80. The van der Waals surface area contributed by atoms with E-state index in [4.69, 9.17) is 21.1 Å². The number of hydrogen-bond acceptors (Lipinski definition) is 3. The lowest BCUT2D eigenvalue weighted by molar-refractivity contribution is 0.0661. The largest absolute Gasteiger partial charge is 0.475 e. The Morgan fingerprint density at radius 2 is 2.00 bits per heavy atom. The van der Waals surface area contributed by atoms with Gasteiger partial charge in [-0.2, -0.15) is 0 Å². The van der Waals surface area contributed by atoms with Crippen LogP contribution in [0.5, 0.6) is 0 Å². The fourth-order valence-electron chi connectivity index (χ4n) is 1.41. The predicted octanol–water partition coefficient (Wildman–Crippen LogP) is 2.94. The van der Waals surface area contributed by atoms with Crippen LogP contribution < -0.4 is 0 Å². The number of furan rings is 1. The Bertz CT molecular complexity index is 606. The fraction of sp³-hybridized carbons (Fsp3) is 0.0833. The predicted molar refractivity (Wildman–Crippen MR) is 67.2 cm³/mol. The van der Waals surface area contributed by atoms with Crippen LogP contribution in [0.25, 0.3) is 0 Å². The van der Waals surface area contributed by atoms with Crippen molar-refractivity contribution in [3.63, 3.8) is 0 Å². The first kappa shape index (κ1) is 12.9. The molecule has 18 heavy (non-hydrogen) atoms. The summed E-state index contributed by atoms with van der Waals surface area (Å²) in [4.78, 5) is 11.1. The Balaban J connectivity index is 2.16. The summed E-state index contributed by atoms with van der Waals surface area (Å²) in [6.07, 6.45) is 0. The molecule has 0 spiro atoms. The molecule has 1 aromatic heterocycles. The first-order valence-corrected chi connectivity index (χ1v) is 6.72. The third-order valence-electron chi connectivity index (χ3n) is 2.23. The van der Waals surface area contributed by atoms with Gasteiger partial charge in [-0.15, -0.1) is 0 Å². The quantitative estimate of drug-likeness (QED) is 0.937. The standard InChI is InChI=1S/C12H9ClO4S/c13-9-3-1-2-4-11(9)18(16)7-8-5-6-10(17-8)12(14)15/h1-6H,7H2,(H,14,15)/t18-/m0/s1. The fourth-order valence-corrected chi connectivity index (χ4v) is 2.89. The molecule has 1 heterocycles. The number of carboxylic acids is 1. The van der Waals surface area contributed by atoms with Gasteiger partial charge in [0.05, 0.1) is 26.5 Å². The van der Waals surface area contributed by atoms with Gasteiger partial charge in [0, 0.05) is 0 Å². The molecule has 4 nitrogen and oxygen atoms in total. The van der Waals surface area contributed by atoms with E-state index in [0.717, 1.165) is 0 Å². The molecule has 0 amide bonds. The highest BCUT2D eigenvalue weighted by molar-refractivity contribution is 7.84. The maximum absolute atomic E-state index is 12.0. The lowest BCUT2D eigenvalue weighted by Crippen LogP contribution is -1.96. The minimum absolute atomic E-state index is 0.0943. The second kappa shape index (κ2) is 5.37. The minimum Gasteiger partial charge on any atom is -0.475 e. The van der Waals surface area contributed by atoms with Crippen molar-refractivity contribution >= 4 is 28.4 Å². The minimum atomic E-state index is -1.36. The molecular weight excluding hydrogens is 276 g/mol. The second-order valence-corrected chi connectivity index (χ2v) is 5.32. The number of rotatable bonds is 4. The second-order valence-electron chi connectivity index (χ2n) is 3.49. The van der Waals surface area contributed by atoms with E-state index in [9.17, 15) is 9.00 Å². The van der Waals surface area contributed by atoms with E-state index in [1.54, 1.807) is 24.3 Å². The molecule has 0 radical (unpaired) electrons. The smallest absolute Gasteiger partial charge is 0.371 e. The Hall–Kier alpha value is -1.59. The van der Waals surface area contributed by atoms with E-state index in [-0.39, 0.29) is 11.5 Å². The Morgan fingerprint density at radius 1 is 1.28 bits per heavy atom. The number of halogens is 1. The molecular formula is C12H9ClO4S. The van der Waals surface area contributed by atoms with Gasteiger partial charge >= 0.3 is 5.97 Å². The SMILES string of the molecule is O=C(O)c1ccc(C[S@](=O)c2ccccc2Cl)o1. The van der Waals surface area contributed by atoms with Crippen molar-refractivity contribution in [1.29, 1.82) is 0 Å². The third-order valence-corrected chi connectivity index (χ3v) is 4.06. The zero-order valence-corrected chi connectivity index (χ0v) is 10.7. The summed E-state index contributed by atoms with van der Waals surface area (Å²) in [5.41, 5.74) is 0.